The third kappa shape index (κ3) is 2.99. The summed E-state index contributed by atoms with van der Waals surface area (Å²) in [5.41, 5.74) is 1.71. The molecule has 1 aliphatic heterocycles. The lowest BCUT2D eigenvalue weighted by Crippen LogP contribution is -2.16. The standard InChI is InChI=1S/C15H13ClN2O2S/c16-10-5-6-14(18(19)20)13(9-10)17-12-7-8-21-15-4-2-1-3-11(12)15/h1-6,9,12,17H,7-8H2. The molecular formula is C15H13ClN2O2S. The summed E-state index contributed by atoms with van der Waals surface area (Å²) in [6, 6.07) is 12.8. The molecule has 0 aromatic heterocycles. The fourth-order valence-corrected chi connectivity index (χ4v) is 3.76. The van der Waals surface area contributed by atoms with Gasteiger partial charge in [0.1, 0.15) is 5.69 Å². The first-order chi connectivity index (χ1) is 10.1. The fraction of sp³-hybridized carbons (Fsp3) is 0.200. The molecule has 0 radical (unpaired) electrons. The quantitative estimate of drug-likeness (QED) is 0.645. The van der Waals surface area contributed by atoms with Gasteiger partial charge in [0.2, 0.25) is 0 Å². The molecule has 4 nitrogen and oxygen atoms in total. The molecule has 108 valence electrons. The first kappa shape index (κ1) is 14.2. The van der Waals surface area contributed by atoms with E-state index in [-0.39, 0.29) is 16.7 Å². The van der Waals surface area contributed by atoms with Crippen LogP contribution in [0.4, 0.5) is 11.4 Å². The number of nitro groups is 1. The average Bonchev–Trinajstić information content (AvgIpc) is 2.47. The summed E-state index contributed by atoms with van der Waals surface area (Å²) in [4.78, 5) is 12.0. The number of fused-ring (bicyclic) bond motifs is 1. The first-order valence-electron chi connectivity index (χ1n) is 6.57. The maximum atomic E-state index is 11.1. The van der Waals surface area contributed by atoms with Gasteiger partial charge in [0.15, 0.2) is 0 Å². The zero-order valence-corrected chi connectivity index (χ0v) is 12.7. The van der Waals surface area contributed by atoms with Crippen molar-refractivity contribution in [2.45, 2.75) is 17.4 Å². The summed E-state index contributed by atoms with van der Waals surface area (Å²) in [5.74, 6) is 0.989. The summed E-state index contributed by atoms with van der Waals surface area (Å²) in [6.07, 6.45) is 0.922. The molecule has 1 aliphatic rings. The van der Waals surface area contributed by atoms with Crippen molar-refractivity contribution in [2.24, 2.45) is 0 Å². The lowest BCUT2D eigenvalue weighted by Gasteiger charge is -2.26. The second-order valence-electron chi connectivity index (χ2n) is 4.79. The number of rotatable bonds is 3. The van der Waals surface area contributed by atoms with Crippen LogP contribution >= 0.6 is 23.4 Å². The monoisotopic (exact) mass is 320 g/mol. The van der Waals surface area contributed by atoms with E-state index in [2.05, 4.69) is 17.4 Å². The third-order valence-electron chi connectivity index (χ3n) is 3.44. The molecule has 0 aliphatic carbocycles. The van der Waals surface area contributed by atoms with E-state index in [1.54, 1.807) is 6.07 Å². The van der Waals surface area contributed by atoms with Crippen molar-refractivity contribution in [3.63, 3.8) is 0 Å². The molecule has 2 aromatic carbocycles. The molecule has 0 bridgehead atoms. The summed E-state index contributed by atoms with van der Waals surface area (Å²) in [7, 11) is 0. The Labute approximate surface area is 131 Å². The summed E-state index contributed by atoms with van der Waals surface area (Å²) in [6.45, 7) is 0. The minimum absolute atomic E-state index is 0.0510. The third-order valence-corrected chi connectivity index (χ3v) is 4.80. The molecule has 6 heteroatoms. The highest BCUT2D eigenvalue weighted by Crippen LogP contribution is 2.39. The van der Waals surface area contributed by atoms with Crippen LogP contribution in [0.3, 0.4) is 0 Å². The normalized spacial score (nSPS) is 17.1. The van der Waals surface area contributed by atoms with Gasteiger partial charge in [-0.15, -0.1) is 11.8 Å². The zero-order chi connectivity index (χ0) is 14.8. The topological polar surface area (TPSA) is 55.2 Å². The van der Waals surface area contributed by atoms with Gasteiger partial charge in [0, 0.05) is 21.7 Å². The number of anilines is 1. The Kier molecular flexibility index (Phi) is 4.03. The molecule has 0 fully saturated rings. The van der Waals surface area contributed by atoms with Crippen LogP contribution in [0.5, 0.6) is 0 Å². The number of hydrogen-bond acceptors (Lipinski definition) is 4. The highest BCUT2D eigenvalue weighted by atomic mass is 35.5. The van der Waals surface area contributed by atoms with Crippen LogP contribution in [-0.2, 0) is 0 Å². The Bertz CT molecular complexity index is 693. The van der Waals surface area contributed by atoms with E-state index in [4.69, 9.17) is 11.6 Å². The second kappa shape index (κ2) is 5.95. The molecule has 1 atom stereocenters. The van der Waals surface area contributed by atoms with Crippen molar-refractivity contribution in [3.8, 4) is 0 Å². The van der Waals surface area contributed by atoms with Gasteiger partial charge in [0.05, 0.1) is 11.0 Å². The van der Waals surface area contributed by atoms with Crippen LogP contribution in [0.1, 0.15) is 18.0 Å². The van der Waals surface area contributed by atoms with Crippen molar-refractivity contribution >= 4 is 34.7 Å². The van der Waals surface area contributed by atoms with E-state index < -0.39 is 0 Å². The van der Waals surface area contributed by atoms with Crippen molar-refractivity contribution in [2.75, 3.05) is 11.1 Å². The molecule has 2 aromatic rings. The SMILES string of the molecule is O=[N+]([O-])c1ccc(Cl)cc1NC1CCSc2ccccc21. The van der Waals surface area contributed by atoms with Gasteiger partial charge in [0.25, 0.3) is 5.69 Å². The summed E-state index contributed by atoms with van der Waals surface area (Å²) in [5, 5.41) is 14.9. The number of halogens is 1. The largest absolute Gasteiger partial charge is 0.373 e. The van der Waals surface area contributed by atoms with E-state index >= 15 is 0 Å². The molecule has 1 N–H and O–H groups in total. The Balaban J connectivity index is 1.95. The first-order valence-corrected chi connectivity index (χ1v) is 7.94. The molecule has 0 saturated heterocycles. The molecule has 21 heavy (non-hydrogen) atoms. The fourth-order valence-electron chi connectivity index (χ4n) is 2.46. The second-order valence-corrected chi connectivity index (χ2v) is 6.36. The van der Waals surface area contributed by atoms with Crippen LogP contribution in [0.25, 0.3) is 0 Å². The number of nitro benzene ring substituents is 1. The Morgan fingerprint density at radius 3 is 2.90 bits per heavy atom. The van der Waals surface area contributed by atoms with Crippen LogP contribution in [-0.4, -0.2) is 10.7 Å². The lowest BCUT2D eigenvalue weighted by atomic mass is 10.0. The van der Waals surface area contributed by atoms with Crippen LogP contribution in [0.2, 0.25) is 5.02 Å². The number of nitrogens with one attached hydrogen (secondary N) is 1. The zero-order valence-electron chi connectivity index (χ0n) is 11.1. The molecule has 0 saturated carbocycles. The van der Waals surface area contributed by atoms with E-state index in [1.807, 2.05) is 23.9 Å². The smallest absolute Gasteiger partial charge is 0.292 e. The van der Waals surface area contributed by atoms with Crippen molar-refractivity contribution in [1.29, 1.82) is 0 Å². The summed E-state index contributed by atoms with van der Waals surface area (Å²) >= 11 is 7.79. The number of thioether (sulfide) groups is 1. The average molecular weight is 321 g/mol. The maximum Gasteiger partial charge on any atom is 0.292 e. The van der Waals surface area contributed by atoms with Crippen molar-refractivity contribution in [1.82, 2.24) is 0 Å². The lowest BCUT2D eigenvalue weighted by molar-refractivity contribution is -0.384. The number of hydrogen-bond donors (Lipinski definition) is 1. The van der Waals surface area contributed by atoms with E-state index in [0.717, 1.165) is 12.2 Å². The van der Waals surface area contributed by atoms with Gasteiger partial charge < -0.3 is 5.32 Å². The van der Waals surface area contributed by atoms with Crippen LogP contribution in [0.15, 0.2) is 47.4 Å². The van der Waals surface area contributed by atoms with Gasteiger partial charge in [-0.25, -0.2) is 0 Å². The molecule has 1 unspecified atom stereocenters. The minimum atomic E-state index is -0.387. The highest BCUT2D eigenvalue weighted by molar-refractivity contribution is 7.99. The van der Waals surface area contributed by atoms with E-state index in [9.17, 15) is 10.1 Å². The Morgan fingerprint density at radius 1 is 1.29 bits per heavy atom. The van der Waals surface area contributed by atoms with E-state index in [0.29, 0.717) is 10.7 Å². The van der Waals surface area contributed by atoms with E-state index in [1.165, 1.54) is 22.6 Å². The molecule has 3 rings (SSSR count). The van der Waals surface area contributed by atoms with Gasteiger partial charge in [-0.05, 0) is 30.2 Å². The highest BCUT2D eigenvalue weighted by Gasteiger charge is 2.23. The predicted octanol–water partition coefficient (Wildman–Crippen LogP) is 4.90. The molecule has 0 spiro atoms. The molecular weight excluding hydrogens is 308 g/mol. The minimum Gasteiger partial charge on any atom is -0.373 e. The Morgan fingerprint density at radius 2 is 2.10 bits per heavy atom. The number of nitrogens with zero attached hydrogens (tertiary/aromatic N) is 1. The summed E-state index contributed by atoms with van der Waals surface area (Å²) < 4.78 is 0. The van der Waals surface area contributed by atoms with Gasteiger partial charge in [-0.1, -0.05) is 29.8 Å². The predicted molar refractivity (Wildman–Crippen MR) is 86.3 cm³/mol. The van der Waals surface area contributed by atoms with Gasteiger partial charge in [-0.3, -0.25) is 10.1 Å². The van der Waals surface area contributed by atoms with Gasteiger partial charge >= 0.3 is 0 Å². The van der Waals surface area contributed by atoms with Crippen molar-refractivity contribution < 1.29 is 4.92 Å². The Hall–Kier alpha value is -1.72. The maximum absolute atomic E-state index is 11.1. The van der Waals surface area contributed by atoms with Gasteiger partial charge in [-0.2, -0.15) is 0 Å². The van der Waals surface area contributed by atoms with Crippen LogP contribution < -0.4 is 5.32 Å². The van der Waals surface area contributed by atoms with Crippen LogP contribution in [0, 0.1) is 10.1 Å². The number of benzene rings is 2. The van der Waals surface area contributed by atoms with Crippen molar-refractivity contribution in [3.05, 3.63) is 63.2 Å². The molecule has 0 amide bonds. The molecule has 1 heterocycles.